The van der Waals surface area contributed by atoms with Gasteiger partial charge in [0.2, 0.25) is 0 Å². The summed E-state index contributed by atoms with van der Waals surface area (Å²) in [6.07, 6.45) is 1.21. The summed E-state index contributed by atoms with van der Waals surface area (Å²) in [4.78, 5) is 48.7. The molecule has 3 rings (SSSR count). The highest BCUT2D eigenvalue weighted by atomic mass is 32.2. The van der Waals surface area contributed by atoms with E-state index in [1.165, 1.54) is 25.3 Å². The number of aryl methyl sites for hydroxylation is 1. The zero-order valence-electron chi connectivity index (χ0n) is 18.8. The molecule has 1 aromatic carbocycles. The highest BCUT2D eigenvalue weighted by Gasteiger charge is 2.37. The van der Waals surface area contributed by atoms with E-state index in [4.69, 9.17) is 9.47 Å². The van der Waals surface area contributed by atoms with E-state index in [2.05, 4.69) is 0 Å². The number of imide groups is 1. The monoisotopic (exact) mass is 473 g/mol. The van der Waals surface area contributed by atoms with Crippen molar-refractivity contribution in [2.75, 3.05) is 13.7 Å². The molecule has 10 nitrogen and oxygen atoms in total. The van der Waals surface area contributed by atoms with Crippen molar-refractivity contribution in [3.05, 3.63) is 56.2 Å². The van der Waals surface area contributed by atoms with Crippen LogP contribution in [0.2, 0.25) is 0 Å². The van der Waals surface area contributed by atoms with E-state index in [0.29, 0.717) is 22.7 Å². The lowest BCUT2D eigenvalue weighted by Gasteiger charge is -2.14. The Hall–Kier alpha value is -3.60. The molecule has 1 aliphatic heterocycles. The summed E-state index contributed by atoms with van der Waals surface area (Å²) in [5, 5.41) is 10.7. The fourth-order valence-electron chi connectivity index (χ4n) is 3.48. The Morgan fingerprint density at radius 2 is 1.94 bits per heavy atom. The van der Waals surface area contributed by atoms with Crippen LogP contribution in [0, 0.1) is 24.0 Å². The predicted octanol–water partition coefficient (Wildman–Crippen LogP) is 4.00. The van der Waals surface area contributed by atoms with E-state index in [1.807, 2.05) is 6.92 Å². The van der Waals surface area contributed by atoms with E-state index in [1.54, 1.807) is 37.5 Å². The topological polar surface area (TPSA) is 121 Å². The van der Waals surface area contributed by atoms with E-state index in [-0.39, 0.29) is 16.7 Å². The molecular weight excluding hydrogens is 450 g/mol. The molecule has 0 spiro atoms. The number of carbonyl (C=O) groups excluding carboxylic acids is 3. The van der Waals surface area contributed by atoms with Crippen LogP contribution in [-0.2, 0) is 14.3 Å². The van der Waals surface area contributed by atoms with Gasteiger partial charge in [-0.2, -0.15) is 0 Å². The number of nitro groups is 1. The second-order valence-electron chi connectivity index (χ2n) is 7.58. The van der Waals surface area contributed by atoms with Crippen LogP contribution in [-0.4, -0.2) is 51.3 Å². The number of benzene rings is 1. The van der Waals surface area contributed by atoms with Gasteiger partial charge in [0.15, 0.2) is 0 Å². The number of thioether (sulfide) groups is 1. The Morgan fingerprint density at radius 3 is 2.55 bits per heavy atom. The first-order valence-electron chi connectivity index (χ1n) is 10.00. The first-order valence-corrected chi connectivity index (χ1v) is 10.8. The minimum Gasteiger partial charge on any atom is -0.495 e. The Kier molecular flexibility index (Phi) is 6.92. The molecular formula is C22H23N3O7S. The molecule has 0 atom stereocenters. The lowest BCUT2D eigenvalue weighted by molar-refractivity contribution is -0.384. The van der Waals surface area contributed by atoms with Gasteiger partial charge >= 0.3 is 5.97 Å². The van der Waals surface area contributed by atoms with Crippen molar-refractivity contribution >= 4 is 40.6 Å². The van der Waals surface area contributed by atoms with Crippen molar-refractivity contribution in [3.8, 4) is 11.4 Å². The largest absolute Gasteiger partial charge is 0.495 e. The van der Waals surface area contributed by atoms with Crippen LogP contribution in [0.25, 0.3) is 11.8 Å². The maximum Gasteiger partial charge on any atom is 0.326 e. The first-order chi connectivity index (χ1) is 15.5. The standard InChI is InChI=1S/C22H23N3O7S/c1-12(2)32-20(26)11-23-21(27)19(33-22(23)28)9-15-8-13(3)24(14(15)4)17-10-16(25(29)30)6-7-18(17)31-5/h6-10,12H,11H2,1-5H3/b19-9+. The smallest absolute Gasteiger partial charge is 0.326 e. The molecule has 2 amide bonds. The zero-order valence-corrected chi connectivity index (χ0v) is 19.6. The van der Waals surface area contributed by atoms with Gasteiger partial charge in [0.25, 0.3) is 16.8 Å². The summed E-state index contributed by atoms with van der Waals surface area (Å²) in [7, 11) is 1.47. The first kappa shape index (κ1) is 24.1. The van der Waals surface area contributed by atoms with Crippen LogP contribution in [0.1, 0.15) is 30.8 Å². The average Bonchev–Trinajstić information content (AvgIpc) is 3.16. The minimum atomic E-state index is -0.663. The van der Waals surface area contributed by atoms with Gasteiger partial charge in [-0.3, -0.25) is 29.4 Å². The van der Waals surface area contributed by atoms with E-state index in [0.717, 1.165) is 22.4 Å². The lowest BCUT2D eigenvalue weighted by atomic mass is 10.2. The van der Waals surface area contributed by atoms with Crippen LogP contribution in [0.4, 0.5) is 10.5 Å². The number of methoxy groups -OCH3 is 1. The van der Waals surface area contributed by atoms with Crippen molar-refractivity contribution in [3.63, 3.8) is 0 Å². The normalized spacial score (nSPS) is 15.0. The van der Waals surface area contributed by atoms with Crippen LogP contribution in [0.5, 0.6) is 5.75 Å². The minimum absolute atomic E-state index is 0.0887. The fraction of sp³-hybridized carbons (Fsp3) is 0.318. The molecule has 0 unspecified atom stereocenters. The number of hydrogen-bond donors (Lipinski definition) is 0. The molecule has 33 heavy (non-hydrogen) atoms. The maximum absolute atomic E-state index is 12.7. The second kappa shape index (κ2) is 9.49. The predicted molar refractivity (Wildman–Crippen MR) is 122 cm³/mol. The van der Waals surface area contributed by atoms with Crippen LogP contribution >= 0.6 is 11.8 Å². The molecule has 2 aromatic rings. The lowest BCUT2D eigenvalue weighted by Crippen LogP contribution is -2.35. The molecule has 0 bridgehead atoms. The highest BCUT2D eigenvalue weighted by Crippen LogP contribution is 2.35. The number of esters is 1. The van der Waals surface area contributed by atoms with Gasteiger partial charge in [-0.1, -0.05) is 0 Å². The number of amides is 2. The molecule has 1 saturated heterocycles. The molecule has 0 saturated carbocycles. The molecule has 1 fully saturated rings. The van der Waals surface area contributed by atoms with E-state index < -0.39 is 28.6 Å². The number of non-ortho nitro benzene ring substituents is 1. The summed E-state index contributed by atoms with van der Waals surface area (Å²) in [6, 6.07) is 6.09. The Labute approximate surface area is 194 Å². The average molecular weight is 474 g/mol. The summed E-state index contributed by atoms with van der Waals surface area (Å²) in [5.74, 6) is -0.800. The van der Waals surface area contributed by atoms with Crippen LogP contribution in [0.15, 0.2) is 29.2 Å². The maximum atomic E-state index is 12.7. The Morgan fingerprint density at radius 1 is 1.24 bits per heavy atom. The van der Waals surface area contributed by atoms with Crippen LogP contribution < -0.4 is 4.74 Å². The van der Waals surface area contributed by atoms with Gasteiger partial charge in [0, 0.05) is 23.5 Å². The third kappa shape index (κ3) is 4.92. The molecule has 2 heterocycles. The molecule has 1 aromatic heterocycles. The molecule has 174 valence electrons. The van der Waals surface area contributed by atoms with E-state index >= 15 is 0 Å². The van der Waals surface area contributed by atoms with Gasteiger partial charge in [0.05, 0.1) is 28.7 Å². The number of aromatic nitrogens is 1. The van der Waals surface area contributed by atoms with Gasteiger partial charge in [0.1, 0.15) is 12.3 Å². The Balaban J connectivity index is 1.96. The quantitative estimate of drug-likeness (QED) is 0.256. The third-order valence-electron chi connectivity index (χ3n) is 4.90. The SMILES string of the molecule is COc1ccc([N+](=O)[O-])cc1-n1c(C)cc(/C=C2/SC(=O)N(CC(=O)OC(C)C)C2=O)c1C. The van der Waals surface area contributed by atoms with Crippen LogP contribution in [0.3, 0.4) is 0 Å². The zero-order chi connectivity index (χ0) is 24.4. The number of carbonyl (C=O) groups is 3. The van der Waals surface area contributed by atoms with Crippen molar-refractivity contribution in [2.45, 2.75) is 33.8 Å². The number of hydrogen-bond acceptors (Lipinski definition) is 8. The number of rotatable bonds is 7. The van der Waals surface area contributed by atoms with Crippen molar-refractivity contribution in [1.82, 2.24) is 9.47 Å². The molecule has 0 N–H and O–H groups in total. The summed E-state index contributed by atoms with van der Waals surface area (Å²) in [5.41, 5.74) is 2.48. The number of ether oxygens (including phenoxy) is 2. The number of nitrogens with zero attached hydrogens (tertiary/aromatic N) is 3. The third-order valence-corrected chi connectivity index (χ3v) is 5.81. The van der Waals surface area contributed by atoms with Gasteiger partial charge < -0.3 is 14.0 Å². The molecule has 0 radical (unpaired) electrons. The van der Waals surface area contributed by atoms with Gasteiger partial charge in [-0.15, -0.1) is 0 Å². The highest BCUT2D eigenvalue weighted by molar-refractivity contribution is 8.18. The van der Waals surface area contributed by atoms with Crippen molar-refractivity contribution < 1.29 is 28.8 Å². The summed E-state index contributed by atoms with van der Waals surface area (Å²) >= 11 is 0.739. The van der Waals surface area contributed by atoms with Crippen molar-refractivity contribution in [1.29, 1.82) is 0 Å². The van der Waals surface area contributed by atoms with Gasteiger partial charge in [-0.05, 0) is 63.2 Å². The fourth-order valence-corrected chi connectivity index (χ4v) is 4.31. The van der Waals surface area contributed by atoms with Gasteiger partial charge in [-0.25, -0.2) is 0 Å². The second-order valence-corrected chi connectivity index (χ2v) is 8.57. The molecule has 0 aliphatic carbocycles. The molecule has 1 aliphatic rings. The van der Waals surface area contributed by atoms with Crippen molar-refractivity contribution in [2.24, 2.45) is 0 Å². The summed E-state index contributed by atoms with van der Waals surface area (Å²) < 4.78 is 12.2. The molecule has 11 heteroatoms. The Bertz CT molecular complexity index is 1180. The van der Waals surface area contributed by atoms with E-state index in [9.17, 15) is 24.5 Å². The number of nitro benzene ring substituents is 1. The summed E-state index contributed by atoms with van der Waals surface area (Å²) in [6.45, 7) is 6.51.